The molecule has 0 amide bonds. The van der Waals surface area contributed by atoms with Gasteiger partial charge in [0.2, 0.25) is 0 Å². The molecule has 0 saturated carbocycles. The second-order valence-corrected chi connectivity index (χ2v) is 3.79. The third-order valence-electron chi connectivity index (χ3n) is 2.77. The van der Waals surface area contributed by atoms with E-state index in [-0.39, 0.29) is 5.78 Å². The van der Waals surface area contributed by atoms with Gasteiger partial charge < -0.3 is 4.74 Å². The summed E-state index contributed by atoms with van der Waals surface area (Å²) in [5, 5.41) is 1.66. The Labute approximate surface area is 99.0 Å². The van der Waals surface area contributed by atoms with Gasteiger partial charge in [-0.15, -0.1) is 0 Å². The molecule has 0 heterocycles. The predicted molar refractivity (Wildman–Crippen MR) is 65.9 cm³/mol. The third kappa shape index (κ3) is 1.91. The van der Waals surface area contributed by atoms with Gasteiger partial charge in [-0.1, -0.05) is 18.2 Å². The molecule has 0 spiro atoms. The summed E-state index contributed by atoms with van der Waals surface area (Å²) in [4.78, 5) is 22.3. The van der Waals surface area contributed by atoms with Gasteiger partial charge in [-0.2, -0.15) is 0 Å². The topological polar surface area (TPSA) is 43.4 Å². The normalized spacial score (nSPS) is 10.2. The molecule has 0 aliphatic carbocycles. The Hall–Kier alpha value is -2.16. The fourth-order valence-electron chi connectivity index (χ4n) is 1.85. The predicted octanol–water partition coefficient (Wildman–Crippen LogP) is 2.86. The van der Waals surface area contributed by atoms with Crippen LogP contribution in [0.2, 0.25) is 0 Å². The van der Waals surface area contributed by atoms with E-state index >= 15 is 0 Å². The number of rotatable bonds is 3. The fraction of sp³-hybridized carbons (Fsp3) is 0.143. The number of ether oxygens (including phenoxy) is 1. The number of methoxy groups -OCH3 is 1. The highest BCUT2D eigenvalue weighted by molar-refractivity contribution is 6.04. The van der Waals surface area contributed by atoms with E-state index in [9.17, 15) is 9.59 Å². The van der Waals surface area contributed by atoms with E-state index in [4.69, 9.17) is 4.74 Å². The average Bonchev–Trinajstić information content (AvgIpc) is 2.36. The van der Waals surface area contributed by atoms with Crippen LogP contribution in [0.1, 0.15) is 27.6 Å². The summed E-state index contributed by atoms with van der Waals surface area (Å²) < 4.78 is 5.12. The van der Waals surface area contributed by atoms with Gasteiger partial charge >= 0.3 is 0 Å². The lowest BCUT2D eigenvalue weighted by Crippen LogP contribution is -1.95. The van der Waals surface area contributed by atoms with Gasteiger partial charge in [0.15, 0.2) is 12.1 Å². The van der Waals surface area contributed by atoms with E-state index < -0.39 is 0 Å². The van der Waals surface area contributed by atoms with Crippen LogP contribution >= 0.6 is 0 Å². The van der Waals surface area contributed by atoms with E-state index in [0.29, 0.717) is 16.9 Å². The Kier molecular flexibility index (Phi) is 2.91. The van der Waals surface area contributed by atoms with Gasteiger partial charge in [-0.3, -0.25) is 9.59 Å². The maximum Gasteiger partial charge on any atom is 0.159 e. The van der Waals surface area contributed by atoms with Crippen LogP contribution in [0.5, 0.6) is 5.75 Å². The summed E-state index contributed by atoms with van der Waals surface area (Å²) in [7, 11) is 1.53. The highest BCUT2D eigenvalue weighted by atomic mass is 16.5. The zero-order chi connectivity index (χ0) is 12.4. The molecule has 0 aliphatic rings. The molecule has 0 aliphatic heterocycles. The SMILES string of the molecule is COc1ccc2cc(C(C)=O)ccc2c1C=O. The third-order valence-corrected chi connectivity index (χ3v) is 2.77. The monoisotopic (exact) mass is 228 g/mol. The summed E-state index contributed by atoms with van der Waals surface area (Å²) in [6.45, 7) is 1.52. The Bertz CT molecular complexity index is 600. The second-order valence-electron chi connectivity index (χ2n) is 3.79. The molecule has 0 atom stereocenters. The maximum atomic E-state index is 11.3. The van der Waals surface area contributed by atoms with Crippen molar-refractivity contribution < 1.29 is 14.3 Å². The Balaban J connectivity index is 2.75. The first-order valence-corrected chi connectivity index (χ1v) is 5.24. The van der Waals surface area contributed by atoms with Gasteiger partial charge in [-0.25, -0.2) is 0 Å². The van der Waals surface area contributed by atoms with Crippen molar-refractivity contribution >= 4 is 22.8 Å². The standard InChI is InChI=1S/C14H12O3/c1-9(16)10-3-5-12-11(7-10)4-6-14(17-2)13(12)8-15/h3-8H,1-2H3. The van der Waals surface area contributed by atoms with E-state index in [2.05, 4.69) is 0 Å². The number of aldehydes is 1. The highest BCUT2D eigenvalue weighted by Crippen LogP contribution is 2.27. The first-order valence-electron chi connectivity index (χ1n) is 5.24. The first-order chi connectivity index (χ1) is 8.17. The minimum absolute atomic E-state index is 0.00960. The molecular formula is C14H12O3. The quantitative estimate of drug-likeness (QED) is 0.599. The van der Waals surface area contributed by atoms with Crippen LogP contribution in [0, 0.1) is 0 Å². The molecule has 0 fully saturated rings. The van der Waals surface area contributed by atoms with Crippen LogP contribution < -0.4 is 4.74 Å². The number of hydrogen-bond donors (Lipinski definition) is 0. The molecule has 3 nitrogen and oxygen atoms in total. The molecule has 0 radical (unpaired) electrons. The molecule has 86 valence electrons. The largest absolute Gasteiger partial charge is 0.496 e. The van der Waals surface area contributed by atoms with Crippen molar-refractivity contribution in [2.24, 2.45) is 0 Å². The van der Waals surface area contributed by atoms with E-state index in [1.165, 1.54) is 14.0 Å². The summed E-state index contributed by atoms with van der Waals surface area (Å²) in [5.74, 6) is 0.554. The van der Waals surface area contributed by atoms with Gasteiger partial charge in [0.25, 0.3) is 0 Å². The van der Waals surface area contributed by atoms with Crippen molar-refractivity contribution in [1.29, 1.82) is 0 Å². The summed E-state index contributed by atoms with van der Waals surface area (Å²) in [6.07, 6.45) is 0.772. The molecule has 2 aromatic carbocycles. The lowest BCUT2D eigenvalue weighted by molar-refractivity contribution is 0.101. The average molecular weight is 228 g/mol. The van der Waals surface area contributed by atoms with E-state index in [0.717, 1.165) is 17.1 Å². The number of ketones is 1. The number of carbonyl (C=O) groups excluding carboxylic acids is 2. The number of Topliss-reactive ketones (excluding diaryl/α,β-unsaturated/α-hetero) is 1. The molecule has 0 bridgehead atoms. The maximum absolute atomic E-state index is 11.3. The molecule has 0 unspecified atom stereocenters. The van der Waals surface area contributed by atoms with Crippen LogP contribution in [-0.2, 0) is 0 Å². The van der Waals surface area contributed by atoms with E-state index in [1.807, 2.05) is 6.07 Å². The molecule has 2 rings (SSSR count). The van der Waals surface area contributed by atoms with Crippen LogP contribution in [0.15, 0.2) is 30.3 Å². The zero-order valence-electron chi connectivity index (χ0n) is 9.69. The number of fused-ring (bicyclic) bond motifs is 1. The fourth-order valence-corrected chi connectivity index (χ4v) is 1.85. The van der Waals surface area contributed by atoms with Crippen molar-refractivity contribution in [3.8, 4) is 5.75 Å². The minimum atomic E-state index is 0.00960. The van der Waals surface area contributed by atoms with E-state index in [1.54, 1.807) is 24.3 Å². The molecule has 0 N–H and O–H groups in total. The van der Waals surface area contributed by atoms with Crippen molar-refractivity contribution in [2.45, 2.75) is 6.92 Å². The Morgan fingerprint density at radius 2 is 2.00 bits per heavy atom. The van der Waals surface area contributed by atoms with Crippen LogP contribution in [0.4, 0.5) is 0 Å². The van der Waals surface area contributed by atoms with Gasteiger partial charge in [-0.05, 0) is 29.8 Å². The van der Waals surface area contributed by atoms with Crippen molar-refractivity contribution in [1.82, 2.24) is 0 Å². The lowest BCUT2D eigenvalue weighted by atomic mass is 10.0. The van der Waals surface area contributed by atoms with Gasteiger partial charge in [0, 0.05) is 5.56 Å². The Morgan fingerprint density at radius 1 is 1.24 bits per heavy atom. The van der Waals surface area contributed by atoms with Crippen LogP contribution in [-0.4, -0.2) is 19.2 Å². The van der Waals surface area contributed by atoms with Crippen LogP contribution in [0.3, 0.4) is 0 Å². The van der Waals surface area contributed by atoms with Crippen LogP contribution in [0.25, 0.3) is 10.8 Å². The summed E-state index contributed by atoms with van der Waals surface area (Å²) in [6, 6.07) is 8.85. The molecule has 3 heteroatoms. The number of carbonyl (C=O) groups is 2. The Morgan fingerprint density at radius 3 is 2.59 bits per heavy atom. The molecular weight excluding hydrogens is 216 g/mol. The first kappa shape index (κ1) is 11.3. The molecule has 17 heavy (non-hydrogen) atoms. The molecule has 0 saturated heterocycles. The van der Waals surface area contributed by atoms with Gasteiger partial charge in [0.05, 0.1) is 12.7 Å². The highest BCUT2D eigenvalue weighted by Gasteiger charge is 2.08. The number of hydrogen-bond acceptors (Lipinski definition) is 3. The smallest absolute Gasteiger partial charge is 0.159 e. The summed E-state index contributed by atoms with van der Waals surface area (Å²) >= 11 is 0. The molecule has 0 aromatic heterocycles. The molecule has 2 aromatic rings. The zero-order valence-corrected chi connectivity index (χ0v) is 9.69. The second kappa shape index (κ2) is 4.37. The number of benzene rings is 2. The van der Waals surface area contributed by atoms with Crippen molar-refractivity contribution in [2.75, 3.05) is 7.11 Å². The minimum Gasteiger partial charge on any atom is -0.496 e. The van der Waals surface area contributed by atoms with Crippen molar-refractivity contribution in [3.05, 3.63) is 41.5 Å². The van der Waals surface area contributed by atoms with Gasteiger partial charge in [0.1, 0.15) is 5.75 Å². The summed E-state index contributed by atoms with van der Waals surface area (Å²) in [5.41, 5.74) is 1.15. The van der Waals surface area contributed by atoms with Crippen molar-refractivity contribution in [3.63, 3.8) is 0 Å². The lowest BCUT2D eigenvalue weighted by Gasteiger charge is -2.07.